The molecule has 0 aliphatic heterocycles. The second kappa shape index (κ2) is 10.4. The van der Waals surface area contributed by atoms with Gasteiger partial charge < -0.3 is 12.8 Å². The molecule has 0 amide bonds. The molecule has 0 aliphatic rings. The van der Waals surface area contributed by atoms with Crippen LogP contribution in [0.1, 0.15) is 26.3 Å². The Hall–Kier alpha value is 0.324. The fourth-order valence-electron chi connectivity index (χ4n) is 0.645. The van der Waals surface area contributed by atoms with Gasteiger partial charge in [-0.05, 0) is 0 Å². The molecule has 0 N–H and O–H groups in total. The minimum atomic E-state index is 0. The van der Waals surface area contributed by atoms with Gasteiger partial charge in [0.05, 0.1) is 0 Å². The first kappa shape index (κ1) is 15.8. The summed E-state index contributed by atoms with van der Waals surface area (Å²) >= 11 is 0. The van der Waals surface area contributed by atoms with Gasteiger partial charge in [-0.1, -0.05) is 35.9 Å². The summed E-state index contributed by atoms with van der Waals surface area (Å²) in [5.41, 5.74) is 1.30. The first-order valence-corrected chi connectivity index (χ1v) is 4.26. The van der Waals surface area contributed by atoms with E-state index in [1.165, 1.54) is 11.5 Å². The zero-order valence-corrected chi connectivity index (χ0v) is 11.7. The second-order valence-corrected chi connectivity index (χ2v) is 3.24. The summed E-state index contributed by atoms with van der Waals surface area (Å²) in [6.07, 6.45) is 0.890. The van der Waals surface area contributed by atoms with Crippen LogP contribution in [0.25, 0.3) is 0 Å². The van der Waals surface area contributed by atoms with Gasteiger partial charge in [-0.2, -0.15) is 27.2 Å². The molecule has 0 atom stereocenters. The fourth-order valence-corrected chi connectivity index (χ4v) is 0.645. The molecule has 0 saturated heterocycles. The molecule has 0 bridgehead atoms. The van der Waals surface area contributed by atoms with E-state index in [1.54, 1.807) is 0 Å². The Morgan fingerprint density at radius 1 is 1.08 bits per heavy atom. The standard InChI is InChI=1S/C8H9.C4H9.Y/c1-2-8-6-4-3-5-7-8;1-4(2)3;/h3-7H,1-2H2;1-3H3;/q2*-1;. The van der Waals surface area contributed by atoms with Crippen LogP contribution in [-0.4, -0.2) is 0 Å². The van der Waals surface area contributed by atoms with Gasteiger partial charge in [-0.15, -0.1) is 0 Å². The van der Waals surface area contributed by atoms with E-state index in [4.69, 9.17) is 0 Å². The van der Waals surface area contributed by atoms with E-state index in [2.05, 4.69) is 39.8 Å². The average molecular weight is 251 g/mol. The maximum Gasteiger partial charge on any atom is 0 e. The third-order valence-electron chi connectivity index (χ3n) is 1.13. The van der Waals surface area contributed by atoms with E-state index >= 15 is 0 Å². The normalized spacial score (nSPS) is 8.38. The predicted octanol–water partition coefficient (Wildman–Crippen LogP) is 3.68. The Morgan fingerprint density at radius 2 is 1.46 bits per heavy atom. The van der Waals surface area contributed by atoms with Gasteiger partial charge in [-0.3, -0.25) is 0 Å². The predicted molar refractivity (Wildman–Crippen MR) is 55.8 cm³/mol. The van der Waals surface area contributed by atoms with Crippen molar-refractivity contribution in [2.45, 2.75) is 27.2 Å². The molecule has 1 rings (SSSR count). The molecular weight excluding hydrogens is 233 g/mol. The molecule has 1 aromatic carbocycles. The van der Waals surface area contributed by atoms with Crippen molar-refractivity contribution in [3.8, 4) is 0 Å². The van der Waals surface area contributed by atoms with Crippen LogP contribution in [0.5, 0.6) is 0 Å². The molecule has 0 aromatic heterocycles. The molecule has 71 valence electrons. The van der Waals surface area contributed by atoms with Gasteiger partial charge in [0.1, 0.15) is 0 Å². The van der Waals surface area contributed by atoms with Crippen molar-refractivity contribution in [1.29, 1.82) is 0 Å². The fraction of sp³-hybridized carbons (Fsp3) is 0.333. The van der Waals surface area contributed by atoms with Gasteiger partial charge >= 0.3 is 0 Å². The molecule has 1 heteroatoms. The van der Waals surface area contributed by atoms with E-state index in [-0.39, 0.29) is 32.7 Å². The van der Waals surface area contributed by atoms with Crippen LogP contribution in [0.3, 0.4) is 0 Å². The van der Waals surface area contributed by atoms with Crippen molar-refractivity contribution in [2.75, 3.05) is 0 Å². The Balaban J connectivity index is 0. The molecule has 0 aliphatic carbocycles. The molecule has 0 spiro atoms. The van der Waals surface area contributed by atoms with E-state index in [1.807, 2.05) is 18.2 Å². The molecule has 0 heterocycles. The van der Waals surface area contributed by atoms with E-state index in [0.717, 1.165) is 6.42 Å². The Labute approximate surface area is 108 Å². The summed E-state index contributed by atoms with van der Waals surface area (Å²) in [6.45, 7) is 10.0. The number of rotatable bonds is 1. The largest absolute Gasteiger partial charge is 0.339 e. The van der Waals surface area contributed by atoms with Gasteiger partial charge in [0, 0.05) is 32.7 Å². The summed E-state index contributed by atoms with van der Waals surface area (Å²) in [5, 5.41) is 0. The van der Waals surface area contributed by atoms with Gasteiger partial charge in [0.25, 0.3) is 0 Å². The van der Waals surface area contributed by atoms with Crippen molar-refractivity contribution in [3.05, 3.63) is 48.7 Å². The Kier molecular flexibility index (Phi) is 12.6. The summed E-state index contributed by atoms with van der Waals surface area (Å²) in [4.78, 5) is 0. The molecule has 0 unspecified atom stereocenters. The van der Waals surface area contributed by atoms with E-state index in [9.17, 15) is 0 Å². The van der Waals surface area contributed by atoms with Crippen molar-refractivity contribution < 1.29 is 32.7 Å². The summed E-state index contributed by atoms with van der Waals surface area (Å²) in [5.74, 6) is 1.42. The maximum atomic E-state index is 3.76. The van der Waals surface area contributed by atoms with Crippen LogP contribution in [-0.2, 0) is 39.1 Å². The van der Waals surface area contributed by atoms with E-state index in [0.29, 0.717) is 0 Å². The van der Waals surface area contributed by atoms with Gasteiger partial charge in [0.2, 0.25) is 0 Å². The summed E-state index contributed by atoms with van der Waals surface area (Å²) in [7, 11) is 0. The van der Waals surface area contributed by atoms with Crippen molar-refractivity contribution >= 4 is 0 Å². The number of benzene rings is 1. The monoisotopic (exact) mass is 251 g/mol. The Morgan fingerprint density at radius 3 is 1.69 bits per heavy atom. The zero-order chi connectivity index (χ0) is 9.40. The molecular formula is C12H18Y-2. The maximum absolute atomic E-state index is 3.76. The van der Waals surface area contributed by atoms with Crippen molar-refractivity contribution in [3.63, 3.8) is 0 Å². The SMILES string of the molecule is C[C-](C)C.[CH2-]Cc1ccccc1.[Y]. The van der Waals surface area contributed by atoms with Crippen molar-refractivity contribution in [1.82, 2.24) is 0 Å². The quantitative estimate of drug-likeness (QED) is 0.668. The summed E-state index contributed by atoms with van der Waals surface area (Å²) in [6, 6.07) is 10.2. The zero-order valence-electron chi connectivity index (χ0n) is 8.88. The molecule has 0 nitrogen and oxygen atoms in total. The van der Waals surface area contributed by atoms with Gasteiger partial charge in [-0.25, -0.2) is 0 Å². The van der Waals surface area contributed by atoms with Crippen LogP contribution in [0, 0.1) is 12.8 Å². The molecule has 13 heavy (non-hydrogen) atoms. The van der Waals surface area contributed by atoms with Crippen LogP contribution in [0.2, 0.25) is 0 Å². The number of hydrogen-bond acceptors (Lipinski definition) is 0. The van der Waals surface area contributed by atoms with Crippen LogP contribution in [0.4, 0.5) is 0 Å². The van der Waals surface area contributed by atoms with Crippen LogP contribution < -0.4 is 0 Å². The minimum Gasteiger partial charge on any atom is -0.339 e. The first-order valence-electron chi connectivity index (χ1n) is 4.26. The second-order valence-electron chi connectivity index (χ2n) is 3.24. The topological polar surface area (TPSA) is 0 Å². The summed E-state index contributed by atoms with van der Waals surface area (Å²) < 4.78 is 0. The molecule has 0 saturated carbocycles. The van der Waals surface area contributed by atoms with Crippen LogP contribution in [0.15, 0.2) is 30.3 Å². The Bertz CT molecular complexity index is 177. The van der Waals surface area contributed by atoms with Gasteiger partial charge in [0.15, 0.2) is 0 Å². The molecule has 0 fully saturated rings. The van der Waals surface area contributed by atoms with Crippen molar-refractivity contribution in [2.24, 2.45) is 0 Å². The first-order chi connectivity index (χ1) is 5.66. The van der Waals surface area contributed by atoms with Crippen LogP contribution >= 0.6 is 0 Å². The van der Waals surface area contributed by atoms with E-state index < -0.39 is 0 Å². The molecule has 1 aromatic rings. The smallest absolute Gasteiger partial charge is 0 e. The average Bonchev–Trinajstić information content (AvgIpc) is 2.05. The third-order valence-corrected chi connectivity index (χ3v) is 1.13. The third kappa shape index (κ3) is 12.3. The molecule has 1 radical (unpaired) electrons. The minimum absolute atomic E-state index is 0. The number of hydrogen-bond donors (Lipinski definition) is 0.